The summed E-state index contributed by atoms with van der Waals surface area (Å²) in [5.41, 5.74) is 1.08. The maximum atomic E-state index is 11.2. The van der Waals surface area contributed by atoms with Crippen molar-refractivity contribution in [3.05, 3.63) is 29.8 Å². The van der Waals surface area contributed by atoms with Crippen molar-refractivity contribution in [2.45, 2.75) is 126 Å². The minimum Gasteiger partial charge on any atom is -0.497 e. The van der Waals surface area contributed by atoms with Crippen LogP contribution >= 0.6 is 23.5 Å². The lowest BCUT2D eigenvalue weighted by Gasteiger charge is -2.44. The Hall–Kier alpha value is -0.00623. The van der Waals surface area contributed by atoms with Gasteiger partial charge in [0.25, 0.3) is 0 Å². The van der Waals surface area contributed by atoms with Crippen molar-refractivity contribution < 1.29 is 23.4 Å². The molecule has 1 aromatic rings. The zero-order chi connectivity index (χ0) is 30.2. The molecule has 232 valence electrons. The average molecular weight is 631 g/mol. The molecule has 1 aliphatic rings. The van der Waals surface area contributed by atoms with Crippen LogP contribution in [0.5, 0.6) is 5.75 Å². The first-order valence-electron chi connectivity index (χ1n) is 14.9. The van der Waals surface area contributed by atoms with Crippen molar-refractivity contribution in [3.63, 3.8) is 0 Å². The minimum atomic E-state index is -1.98. The molecule has 9 heteroatoms. The molecule has 0 spiro atoms. The van der Waals surface area contributed by atoms with E-state index in [-0.39, 0.29) is 20.3 Å². The molecule has 1 heterocycles. The summed E-state index contributed by atoms with van der Waals surface area (Å²) in [6, 6.07) is 7.90. The Labute approximate surface area is 256 Å². The van der Waals surface area contributed by atoms with Gasteiger partial charge in [-0.1, -0.05) is 53.7 Å². The summed E-state index contributed by atoms with van der Waals surface area (Å²) in [6.07, 6.45) is 3.32. The maximum absolute atomic E-state index is 11.2. The van der Waals surface area contributed by atoms with E-state index in [0.717, 1.165) is 42.3 Å². The zero-order valence-corrected chi connectivity index (χ0v) is 30.9. The lowest BCUT2D eigenvalue weighted by atomic mass is 10.1. The fourth-order valence-electron chi connectivity index (χ4n) is 4.19. The van der Waals surface area contributed by atoms with Gasteiger partial charge in [0, 0.05) is 12.7 Å². The van der Waals surface area contributed by atoms with Gasteiger partial charge in [0.05, 0.1) is 30.5 Å². The molecule has 2 rings (SSSR count). The number of hydrogen-bond donors (Lipinski definition) is 1. The van der Waals surface area contributed by atoms with E-state index in [1.807, 2.05) is 47.8 Å². The van der Waals surface area contributed by atoms with Gasteiger partial charge in [-0.05, 0) is 91.1 Å². The number of aliphatic hydroxyl groups is 1. The van der Waals surface area contributed by atoms with Crippen LogP contribution in [0.2, 0.25) is 36.3 Å². The van der Waals surface area contributed by atoms with Crippen LogP contribution in [0.25, 0.3) is 0 Å². The molecule has 5 nitrogen and oxygen atoms in total. The molecule has 40 heavy (non-hydrogen) atoms. The van der Waals surface area contributed by atoms with E-state index < -0.39 is 22.7 Å². The standard InChI is InChI=1S/C31H58O5S2Si2/c1-29(2,3)39(8,9)35-18-17-28(36-40(10,11)30(4,5)6)22-31(37-19-12-20-38-31)21-26(32)24-34-23-25-13-15-27(33-7)16-14-25/h13-16,26,28,32H,12,17-24H2,1-11H3. The molecule has 0 saturated carbocycles. The highest BCUT2D eigenvalue weighted by Gasteiger charge is 2.44. The van der Waals surface area contributed by atoms with E-state index in [2.05, 4.69) is 67.7 Å². The number of hydrogen-bond acceptors (Lipinski definition) is 7. The smallest absolute Gasteiger partial charge is 0.192 e. The highest BCUT2D eigenvalue weighted by Crippen LogP contribution is 2.50. The highest BCUT2D eigenvalue weighted by atomic mass is 32.2. The number of rotatable bonds is 15. The Kier molecular flexibility index (Phi) is 13.7. The van der Waals surface area contributed by atoms with Gasteiger partial charge in [0.2, 0.25) is 0 Å². The van der Waals surface area contributed by atoms with Gasteiger partial charge in [-0.2, -0.15) is 0 Å². The molecule has 2 atom stereocenters. The third-order valence-corrected chi connectivity index (χ3v) is 21.3. The van der Waals surface area contributed by atoms with Gasteiger partial charge < -0.3 is 23.4 Å². The minimum absolute atomic E-state index is 0.0782. The van der Waals surface area contributed by atoms with Crippen molar-refractivity contribution >= 4 is 40.2 Å². The second-order valence-corrected chi connectivity index (χ2v) is 27.1. The van der Waals surface area contributed by atoms with Crippen LogP contribution in [0.15, 0.2) is 24.3 Å². The molecule has 0 aromatic heterocycles. The molecular weight excluding hydrogens is 573 g/mol. The van der Waals surface area contributed by atoms with Crippen molar-refractivity contribution in [1.29, 1.82) is 0 Å². The summed E-state index contributed by atoms with van der Waals surface area (Å²) >= 11 is 4.03. The van der Waals surface area contributed by atoms with Gasteiger partial charge in [0.1, 0.15) is 5.75 Å². The Morgan fingerprint density at radius 3 is 2.00 bits per heavy atom. The van der Waals surface area contributed by atoms with E-state index in [4.69, 9.17) is 18.3 Å². The lowest BCUT2D eigenvalue weighted by Crippen LogP contribution is -2.47. The fourth-order valence-corrected chi connectivity index (χ4v) is 10.2. The Morgan fingerprint density at radius 2 is 1.48 bits per heavy atom. The van der Waals surface area contributed by atoms with Crippen molar-refractivity contribution in [2.24, 2.45) is 0 Å². The normalized spacial score (nSPS) is 18.4. The van der Waals surface area contributed by atoms with E-state index in [1.54, 1.807) is 7.11 Å². The van der Waals surface area contributed by atoms with E-state index in [9.17, 15) is 5.11 Å². The summed E-state index contributed by atoms with van der Waals surface area (Å²) in [5, 5.41) is 11.5. The molecule has 0 aliphatic carbocycles. The Morgan fingerprint density at radius 1 is 0.900 bits per heavy atom. The lowest BCUT2D eigenvalue weighted by molar-refractivity contribution is 0.0207. The van der Waals surface area contributed by atoms with Crippen LogP contribution in [-0.2, 0) is 20.2 Å². The predicted molar refractivity (Wildman–Crippen MR) is 180 cm³/mol. The molecule has 1 aromatic carbocycles. The second-order valence-electron chi connectivity index (χ2n) is 14.3. The molecule has 1 saturated heterocycles. The van der Waals surface area contributed by atoms with Crippen LogP contribution in [0.3, 0.4) is 0 Å². The first kappa shape index (κ1) is 36.2. The number of ether oxygens (including phenoxy) is 2. The molecule has 1 N–H and O–H groups in total. The summed E-state index contributed by atoms with van der Waals surface area (Å²) in [5.74, 6) is 3.08. The van der Waals surface area contributed by atoms with E-state index >= 15 is 0 Å². The second kappa shape index (κ2) is 15.1. The summed E-state index contributed by atoms with van der Waals surface area (Å²) < 4.78 is 24.8. The number of methoxy groups -OCH3 is 1. The van der Waals surface area contributed by atoms with Crippen LogP contribution in [-0.4, -0.2) is 69.9 Å². The van der Waals surface area contributed by atoms with Gasteiger partial charge >= 0.3 is 0 Å². The van der Waals surface area contributed by atoms with Gasteiger partial charge in [-0.25, -0.2) is 0 Å². The monoisotopic (exact) mass is 630 g/mol. The van der Waals surface area contributed by atoms with Crippen molar-refractivity contribution in [1.82, 2.24) is 0 Å². The van der Waals surface area contributed by atoms with Gasteiger partial charge in [-0.3, -0.25) is 0 Å². The largest absolute Gasteiger partial charge is 0.497 e. The molecule has 0 radical (unpaired) electrons. The molecular formula is C31H58O5S2Si2. The number of aliphatic hydroxyl groups excluding tert-OH is 1. The number of thioether (sulfide) groups is 2. The van der Waals surface area contributed by atoms with Crippen LogP contribution < -0.4 is 4.74 Å². The SMILES string of the molecule is COc1ccc(COCC(O)CC2(CC(CCO[Si](C)(C)C(C)(C)C)O[Si](C)(C)C(C)(C)C)SCCCS2)cc1. The predicted octanol–water partition coefficient (Wildman–Crippen LogP) is 8.72. The van der Waals surface area contributed by atoms with Crippen LogP contribution in [0.1, 0.15) is 72.8 Å². The first-order valence-corrected chi connectivity index (χ1v) is 22.7. The van der Waals surface area contributed by atoms with Gasteiger partial charge in [0.15, 0.2) is 16.6 Å². The Balaban J connectivity index is 2.10. The van der Waals surface area contributed by atoms with E-state index in [0.29, 0.717) is 19.6 Å². The zero-order valence-electron chi connectivity index (χ0n) is 27.2. The molecule has 2 unspecified atom stereocenters. The third kappa shape index (κ3) is 11.2. The Bertz CT molecular complexity index is 875. The first-order chi connectivity index (χ1) is 18.4. The van der Waals surface area contributed by atoms with E-state index in [1.165, 1.54) is 6.42 Å². The highest BCUT2D eigenvalue weighted by molar-refractivity contribution is 8.18. The fraction of sp³-hybridized carbons (Fsp3) is 0.806. The maximum Gasteiger partial charge on any atom is 0.192 e. The third-order valence-electron chi connectivity index (χ3n) is 8.82. The topological polar surface area (TPSA) is 57.2 Å². The quantitative estimate of drug-likeness (QED) is 0.195. The van der Waals surface area contributed by atoms with Crippen LogP contribution in [0.4, 0.5) is 0 Å². The summed E-state index contributed by atoms with van der Waals surface area (Å²) in [6.45, 7) is 24.7. The van der Waals surface area contributed by atoms with Gasteiger partial charge in [-0.15, -0.1) is 23.5 Å². The average Bonchev–Trinajstić information content (AvgIpc) is 2.83. The molecule has 1 aliphatic heterocycles. The van der Waals surface area contributed by atoms with Crippen LogP contribution in [0, 0.1) is 0 Å². The number of benzene rings is 1. The summed E-state index contributed by atoms with van der Waals surface area (Å²) in [4.78, 5) is 0. The molecule has 1 fully saturated rings. The molecule has 0 amide bonds. The summed E-state index contributed by atoms with van der Waals surface area (Å²) in [7, 11) is -2.14. The van der Waals surface area contributed by atoms with Crippen molar-refractivity contribution in [3.8, 4) is 5.75 Å². The van der Waals surface area contributed by atoms with Crippen molar-refractivity contribution in [2.75, 3.05) is 31.8 Å². The molecule has 0 bridgehead atoms.